The molecule has 1 atom stereocenters. The minimum absolute atomic E-state index is 0.0279. The van der Waals surface area contributed by atoms with Gasteiger partial charge in [0.15, 0.2) is 0 Å². The Morgan fingerprint density at radius 1 is 0.617 bits per heavy atom. The highest BCUT2D eigenvalue weighted by Gasteiger charge is 2.54. The molecule has 240 valence electrons. The van der Waals surface area contributed by atoms with E-state index in [1.165, 1.54) is 69.8 Å². The van der Waals surface area contributed by atoms with E-state index >= 15 is 0 Å². The average molecular weight is 617 g/mol. The highest BCUT2D eigenvalue weighted by molar-refractivity contribution is 6.12. The first-order chi connectivity index (χ1) is 22.5. The lowest BCUT2D eigenvalue weighted by Gasteiger charge is -2.39. The zero-order valence-electron chi connectivity index (χ0n) is 30.2. The van der Waals surface area contributed by atoms with E-state index in [0.29, 0.717) is 11.8 Å². The Hall–Kier alpha value is -3.64. The lowest BCUT2D eigenvalue weighted by atomic mass is 9.64. The van der Waals surface area contributed by atoms with E-state index in [4.69, 9.17) is 0 Å². The topological polar surface area (TPSA) is 0 Å². The molecule has 0 amide bonds. The number of hydrogen-bond acceptors (Lipinski definition) is 0. The van der Waals surface area contributed by atoms with Crippen LogP contribution in [0.5, 0.6) is 0 Å². The van der Waals surface area contributed by atoms with Crippen LogP contribution in [0.4, 0.5) is 0 Å². The quantitative estimate of drug-likeness (QED) is 0.202. The Kier molecular flexibility index (Phi) is 6.81. The summed E-state index contributed by atoms with van der Waals surface area (Å²) in [5.41, 5.74) is 19.5. The molecule has 0 radical (unpaired) electrons. The van der Waals surface area contributed by atoms with Crippen molar-refractivity contribution in [1.29, 1.82) is 0 Å². The lowest BCUT2D eigenvalue weighted by Crippen LogP contribution is -2.30. The zero-order chi connectivity index (χ0) is 33.0. The number of allylic oxidation sites excluding steroid dienone is 6. The summed E-state index contributed by atoms with van der Waals surface area (Å²) in [6, 6.07) is 26.2. The molecular formula is C47H52. The summed E-state index contributed by atoms with van der Waals surface area (Å²) < 4.78 is 0. The van der Waals surface area contributed by atoms with Crippen LogP contribution in [-0.2, 0) is 16.2 Å². The summed E-state index contributed by atoms with van der Waals surface area (Å²) in [6.07, 6.45) is 11.3. The van der Waals surface area contributed by atoms with Crippen LogP contribution in [0.15, 0.2) is 90.0 Å². The van der Waals surface area contributed by atoms with Crippen molar-refractivity contribution in [3.8, 4) is 11.1 Å². The average Bonchev–Trinajstić information content (AvgIpc) is 3.58. The van der Waals surface area contributed by atoms with Crippen molar-refractivity contribution >= 4 is 21.9 Å². The van der Waals surface area contributed by atoms with Crippen molar-refractivity contribution in [3.63, 3.8) is 0 Å². The van der Waals surface area contributed by atoms with Crippen molar-refractivity contribution in [1.82, 2.24) is 0 Å². The van der Waals surface area contributed by atoms with Crippen molar-refractivity contribution in [2.45, 2.75) is 111 Å². The Bertz CT molecular complexity index is 2060. The van der Waals surface area contributed by atoms with Crippen LogP contribution in [0.3, 0.4) is 0 Å². The molecule has 4 aliphatic rings. The van der Waals surface area contributed by atoms with Crippen LogP contribution in [0.1, 0.15) is 126 Å². The molecule has 0 bridgehead atoms. The van der Waals surface area contributed by atoms with Gasteiger partial charge in [0.1, 0.15) is 0 Å². The van der Waals surface area contributed by atoms with Gasteiger partial charge in [-0.25, -0.2) is 0 Å². The SMILES string of the molecule is CCC(CC)C1=CC2(CC(C(CC)CC)=C1)c1ccc3c(c1-c1cc(C)c4ccccc4c12)C(C)(C)C1=C3C(C)(C)c2ccccc21. The Morgan fingerprint density at radius 2 is 1.26 bits per heavy atom. The predicted octanol–water partition coefficient (Wildman–Crippen LogP) is 13.0. The van der Waals surface area contributed by atoms with E-state index in [1.54, 1.807) is 39.0 Å². The van der Waals surface area contributed by atoms with Crippen LogP contribution in [0.2, 0.25) is 0 Å². The van der Waals surface area contributed by atoms with Gasteiger partial charge in [0.05, 0.1) is 0 Å². The molecule has 0 saturated carbocycles. The third-order valence-corrected chi connectivity index (χ3v) is 13.1. The molecule has 1 unspecified atom stereocenters. The number of benzene rings is 4. The monoisotopic (exact) mass is 616 g/mol. The summed E-state index contributed by atoms with van der Waals surface area (Å²) in [5, 5.41) is 2.85. The fourth-order valence-corrected chi connectivity index (χ4v) is 10.9. The minimum Gasteiger partial charge on any atom is -0.0657 e. The number of hydrogen-bond donors (Lipinski definition) is 0. The zero-order valence-corrected chi connectivity index (χ0v) is 30.2. The van der Waals surface area contributed by atoms with E-state index in [2.05, 4.69) is 141 Å². The Labute approximate surface area is 283 Å². The molecule has 4 aromatic rings. The molecule has 8 rings (SSSR count). The molecule has 0 N–H and O–H groups in total. The van der Waals surface area contributed by atoms with Crippen LogP contribution < -0.4 is 0 Å². The standard InChI is InChI=1S/C47H52/c1-10-29(11-2)31-25-32(30(12-3)13-4)27-47(26-31)39-23-22-36-42(40(39)37-24-28(5)33-18-14-15-19-34(33)41(37)47)46(8,9)43-35-20-16-17-21-38(35)45(6,7)44(36)43/h14-26,29-30H,10-13,27H2,1-9H3. The third kappa shape index (κ3) is 3.88. The first-order valence-electron chi connectivity index (χ1n) is 18.5. The van der Waals surface area contributed by atoms with Crippen LogP contribution >= 0.6 is 0 Å². The highest BCUT2D eigenvalue weighted by Crippen LogP contribution is 2.68. The van der Waals surface area contributed by atoms with Gasteiger partial charge >= 0.3 is 0 Å². The molecule has 1 spiro atoms. The Morgan fingerprint density at radius 3 is 1.96 bits per heavy atom. The minimum atomic E-state index is -0.172. The van der Waals surface area contributed by atoms with Crippen molar-refractivity contribution in [3.05, 3.63) is 129 Å². The van der Waals surface area contributed by atoms with Gasteiger partial charge in [-0.05, 0) is 128 Å². The van der Waals surface area contributed by atoms with Crippen molar-refractivity contribution in [2.24, 2.45) is 11.8 Å². The molecule has 4 aliphatic carbocycles. The van der Waals surface area contributed by atoms with Crippen molar-refractivity contribution < 1.29 is 0 Å². The fraction of sp³-hybridized carbons (Fsp3) is 0.404. The van der Waals surface area contributed by atoms with Crippen LogP contribution in [0.25, 0.3) is 33.0 Å². The second kappa shape index (κ2) is 10.4. The van der Waals surface area contributed by atoms with E-state index in [9.17, 15) is 0 Å². The molecule has 0 nitrogen and oxygen atoms in total. The van der Waals surface area contributed by atoms with Gasteiger partial charge in [-0.1, -0.05) is 140 Å². The van der Waals surface area contributed by atoms with E-state index in [-0.39, 0.29) is 16.2 Å². The van der Waals surface area contributed by atoms with Gasteiger partial charge in [0.25, 0.3) is 0 Å². The third-order valence-electron chi connectivity index (χ3n) is 13.1. The maximum atomic E-state index is 2.78. The van der Waals surface area contributed by atoms with Crippen LogP contribution in [-0.4, -0.2) is 0 Å². The van der Waals surface area contributed by atoms with E-state index < -0.39 is 0 Å². The summed E-state index contributed by atoms with van der Waals surface area (Å²) >= 11 is 0. The van der Waals surface area contributed by atoms with Crippen LogP contribution in [0, 0.1) is 18.8 Å². The van der Waals surface area contributed by atoms with Gasteiger partial charge < -0.3 is 0 Å². The number of fused-ring (bicyclic) bond motifs is 12. The van der Waals surface area contributed by atoms with Gasteiger partial charge in [0, 0.05) is 16.2 Å². The fourth-order valence-electron chi connectivity index (χ4n) is 10.9. The highest BCUT2D eigenvalue weighted by atomic mass is 14.6. The molecule has 4 aromatic carbocycles. The number of rotatable bonds is 6. The van der Waals surface area contributed by atoms with Gasteiger partial charge in [-0.3, -0.25) is 0 Å². The molecule has 47 heavy (non-hydrogen) atoms. The molecule has 0 heterocycles. The first kappa shape index (κ1) is 30.7. The molecule has 0 heteroatoms. The summed E-state index contributed by atoms with van der Waals surface area (Å²) in [6.45, 7) is 21.9. The lowest BCUT2D eigenvalue weighted by molar-refractivity contribution is 0.491. The van der Waals surface area contributed by atoms with Gasteiger partial charge in [-0.15, -0.1) is 0 Å². The first-order valence-corrected chi connectivity index (χ1v) is 18.5. The molecule has 0 aliphatic heterocycles. The largest absolute Gasteiger partial charge is 0.0657 e. The molecule has 0 fully saturated rings. The smallest absolute Gasteiger partial charge is 0.0443 e. The molecular weight excluding hydrogens is 565 g/mol. The Balaban J connectivity index is 1.49. The summed E-state index contributed by atoms with van der Waals surface area (Å²) in [7, 11) is 0. The summed E-state index contributed by atoms with van der Waals surface area (Å²) in [5.74, 6) is 1.19. The van der Waals surface area contributed by atoms with Gasteiger partial charge in [0.2, 0.25) is 0 Å². The van der Waals surface area contributed by atoms with Crippen molar-refractivity contribution in [2.75, 3.05) is 0 Å². The predicted molar refractivity (Wildman–Crippen MR) is 203 cm³/mol. The molecule has 0 saturated heterocycles. The van der Waals surface area contributed by atoms with Gasteiger partial charge in [-0.2, -0.15) is 0 Å². The number of aryl methyl sites for hydroxylation is 1. The second-order valence-electron chi connectivity index (χ2n) is 16.2. The summed E-state index contributed by atoms with van der Waals surface area (Å²) in [4.78, 5) is 0. The normalized spacial score (nSPS) is 21.3. The second-order valence-corrected chi connectivity index (χ2v) is 16.2. The van der Waals surface area contributed by atoms with E-state index in [0.717, 1.165) is 6.42 Å². The molecule has 0 aromatic heterocycles. The maximum absolute atomic E-state index is 2.78. The maximum Gasteiger partial charge on any atom is 0.0443 e. The van der Waals surface area contributed by atoms with E-state index in [1.807, 2.05) is 0 Å².